The van der Waals surface area contributed by atoms with E-state index in [1.807, 2.05) is 13.8 Å². The standard InChI is InChI=1S/C11H17N3O2/c1-8(2)14(7-9-3-4-9)11(16)10(15)13-6-5-12/h8-9H,3-4,6-7H2,1-2H3,(H,13,15). The SMILES string of the molecule is CC(C)N(CC1CC1)C(=O)C(=O)NCC#N. The van der Waals surface area contributed by atoms with Crippen LogP contribution in [0.3, 0.4) is 0 Å². The Morgan fingerprint density at radius 2 is 2.12 bits per heavy atom. The lowest BCUT2D eigenvalue weighted by molar-refractivity contribution is -0.147. The molecule has 1 saturated carbocycles. The highest BCUT2D eigenvalue weighted by Crippen LogP contribution is 2.30. The van der Waals surface area contributed by atoms with Gasteiger partial charge in [-0.2, -0.15) is 5.26 Å². The van der Waals surface area contributed by atoms with Crippen molar-refractivity contribution >= 4 is 11.8 Å². The van der Waals surface area contributed by atoms with Crippen molar-refractivity contribution in [2.75, 3.05) is 13.1 Å². The molecule has 0 saturated heterocycles. The number of amides is 2. The van der Waals surface area contributed by atoms with Gasteiger partial charge < -0.3 is 10.2 Å². The van der Waals surface area contributed by atoms with E-state index in [9.17, 15) is 9.59 Å². The summed E-state index contributed by atoms with van der Waals surface area (Å²) in [5, 5.41) is 10.6. The van der Waals surface area contributed by atoms with Crippen molar-refractivity contribution in [1.29, 1.82) is 5.26 Å². The fraction of sp³-hybridized carbons (Fsp3) is 0.727. The summed E-state index contributed by atoms with van der Waals surface area (Å²) in [6, 6.07) is 1.79. The van der Waals surface area contributed by atoms with Crippen LogP contribution in [-0.4, -0.2) is 35.8 Å². The van der Waals surface area contributed by atoms with Crippen molar-refractivity contribution in [1.82, 2.24) is 10.2 Å². The number of hydrogen-bond donors (Lipinski definition) is 1. The molecule has 16 heavy (non-hydrogen) atoms. The van der Waals surface area contributed by atoms with Gasteiger partial charge in [-0.15, -0.1) is 0 Å². The minimum absolute atomic E-state index is 0.0148. The molecular formula is C11H17N3O2. The summed E-state index contributed by atoms with van der Waals surface area (Å²) in [7, 11) is 0. The van der Waals surface area contributed by atoms with Crippen molar-refractivity contribution in [3.63, 3.8) is 0 Å². The molecule has 0 aliphatic heterocycles. The van der Waals surface area contributed by atoms with E-state index < -0.39 is 11.8 Å². The Labute approximate surface area is 95.4 Å². The summed E-state index contributed by atoms with van der Waals surface area (Å²) in [6.07, 6.45) is 2.27. The van der Waals surface area contributed by atoms with Gasteiger partial charge in [0, 0.05) is 12.6 Å². The molecule has 88 valence electrons. The van der Waals surface area contributed by atoms with Crippen LogP contribution in [0.15, 0.2) is 0 Å². The minimum Gasteiger partial charge on any atom is -0.335 e. The molecule has 0 aromatic rings. The normalized spacial score (nSPS) is 14.4. The lowest BCUT2D eigenvalue weighted by Gasteiger charge is -2.25. The van der Waals surface area contributed by atoms with Crippen LogP contribution < -0.4 is 5.32 Å². The van der Waals surface area contributed by atoms with Crippen molar-refractivity contribution in [3.8, 4) is 6.07 Å². The Bertz CT molecular complexity index is 316. The molecule has 1 aliphatic rings. The van der Waals surface area contributed by atoms with E-state index in [4.69, 9.17) is 5.26 Å². The predicted molar refractivity (Wildman–Crippen MR) is 58.2 cm³/mol. The minimum atomic E-state index is -0.684. The Hall–Kier alpha value is -1.57. The maximum Gasteiger partial charge on any atom is 0.312 e. The molecule has 0 heterocycles. The largest absolute Gasteiger partial charge is 0.335 e. The Balaban J connectivity index is 2.52. The summed E-state index contributed by atoms with van der Waals surface area (Å²) >= 11 is 0. The Morgan fingerprint density at radius 1 is 1.50 bits per heavy atom. The van der Waals surface area contributed by atoms with Crippen molar-refractivity contribution in [2.24, 2.45) is 5.92 Å². The van der Waals surface area contributed by atoms with Crippen LogP contribution in [0.25, 0.3) is 0 Å². The van der Waals surface area contributed by atoms with Gasteiger partial charge in [-0.1, -0.05) is 0 Å². The smallest absolute Gasteiger partial charge is 0.312 e. The predicted octanol–water partition coefficient (Wildman–Crippen LogP) is 0.273. The van der Waals surface area contributed by atoms with Gasteiger partial charge in [0.2, 0.25) is 0 Å². The van der Waals surface area contributed by atoms with E-state index in [1.165, 1.54) is 0 Å². The van der Waals surface area contributed by atoms with E-state index in [0.29, 0.717) is 12.5 Å². The highest BCUT2D eigenvalue weighted by atomic mass is 16.2. The number of nitrogens with one attached hydrogen (secondary N) is 1. The summed E-state index contributed by atoms with van der Waals surface area (Å²) < 4.78 is 0. The molecule has 0 unspecified atom stereocenters. The van der Waals surface area contributed by atoms with Gasteiger partial charge in [-0.25, -0.2) is 0 Å². The fourth-order valence-electron chi connectivity index (χ4n) is 1.43. The first-order chi connectivity index (χ1) is 7.56. The summed E-state index contributed by atoms with van der Waals surface area (Å²) in [6.45, 7) is 4.30. The third-order valence-electron chi connectivity index (χ3n) is 2.56. The van der Waals surface area contributed by atoms with E-state index >= 15 is 0 Å². The molecule has 1 N–H and O–H groups in total. The van der Waals surface area contributed by atoms with Crippen LogP contribution in [0.5, 0.6) is 0 Å². The highest BCUT2D eigenvalue weighted by molar-refractivity contribution is 6.35. The van der Waals surface area contributed by atoms with E-state index in [0.717, 1.165) is 12.8 Å². The second-order valence-corrected chi connectivity index (χ2v) is 4.34. The second kappa shape index (κ2) is 5.50. The molecule has 1 rings (SSSR count). The van der Waals surface area contributed by atoms with Crippen molar-refractivity contribution < 1.29 is 9.59 Å². The Kier molecular flexibility index (Phi) is 4.29. The fourth-order valence-corrected chi connectivity index (χ4v) is 1.43. The zero-order valence-corrected chi connectivity index (χ0v) is 9.69. The van der Waals surface area contributed by atoms with Gasteiger partial charge in [0.1, 0.15) is 6.54 Å². The molecular weight excluding hydrogens is 206 g/mol. The molecule has 0 atom stereocenters. The number of carbonyl (C=O) groups is 2. The molecule has 1 fully saturated rings. The van der Waals surface area contributed by atoms with Gasteiger partial charge in [0.15, 0.2) is 0 Å². The molecule has 5 heteroatoms. The van der Waals surface area contributed by atoms with Gasteiger partial charge in [0.05, 0.1) is 6.07 Å². The number of nitrogens with zero attached hydrogens (tertiary/aromatic N) is 2. The quantitative estimate of drug-likeness (QED) is 0.549. The lowest BCUT2D eigenvalue weighted by Crippen LogP contribution is -2.47. The van der Waals surface area contributed by atoms with Crippen LogP contribution in [0.2, 0.25) is 0 Å². The third kappa shape index (κ3) is 3.54. The van der Waals surface area contributed by atoms with Crippen LogP contribution >= 0.6 is 0 Å². The average molecular weight is 223 g/mol. The third-order valence-corrected chi connectivity index (χ3v) is 2.56. The van der Waals surface area contributed by atoms with Crippen LogP contribution in [0.1, 0.15) is 26.7 Å². The zero-order valence-electron chi connectivity index (χ0n) is 9.69. The number of carbonyl (C=O) groups excluding carboxylic acids is 2. The Morgan fingerprint density at radius 3 is 2.56 bits per heavy atom. The molecule has 0 radical (unpaired) electrons. The van der Waals surface area contributed by atoms with Gasteiger partial charge in [0.25, 0.3) is 0 Å². The van der Waals surface area contributed by atoms with Crippen molar-refractivity contribution in [2.45, 2.75) is 32.7 Å². The monoisotopic (exact) mass is 223 g/mol. The summed E-state index contributed by atoms with van der Waals surface area (Å²) in [5.41, 5.74) is 0. The molecule has 1 aliphatic carbocycles. The maximum atomic E-state index is 11.8. The van der Waals surface area contributed by atoms with Gasteiger partial charge in [-0.05, 0) is 32.6 Å². The van der Waals surface area contributed by atoms with Crippen molar-refractivity contribution in [3.05, 3.63) is 0 Å². The molecule has 0 aromatic carbocycles. The molecule has 0 spiro atoms. The molecule has 5 nitrogen and oxygen atoms in total. The topological polar surface area (TPSA) is 73.2 Å². The zero-order chi connectivity index (χ0) is 12.1. The first-order valence-electron chi connectivity index (χ1n) is 5.52. The molecule has 0 bridgehead atoms. The number of hydrogen-bond acceptors (Lipinski definition) is 3. The van der Waals surface area contributed by atoms with Gasteiger partial charge >= 0.3 is 11.8 Å². The van der Waals surface area contributed by atoms with Crippen LogP contribution in [0.4, 0.5) is 0 Å². The second-order valence-electron chi connectivity index (χ2n) is 4.34. The van der Waals surface area contributed by atoms with Crippen LogP contribution in [0, 0.1) is 17.2 Å². The lowest BCUT2D eigenvalue weighted by atomic mass is 10.2. The van der Waals surface area contributed by atoms with E-state index in [1.54, 1.807) is 11.0 Å². The highest BCUT2D eigenvalue weighted by Gasteiger charge is 2.30. The molecule has 2 amide bonds. The first kappa shape index (κ1) is 12.5. The van der Waals surface area contributed by atoms with E-state index in [2.05, 4.69) is 5.32 Å². The van der Waals surface area contributed by atoms with Gasteiger partial charge in [-0.3, -0.25) is 9.59 Å². The molecule has 0 aromatic heterocycles. The summed E-state index contributed by atoms with van der Waals surface area (Å²) in [4.78, 5) is 24.7. The number of rotatable bonds is 4. The van der Waals surface area contributed by atoms with Crippen LogP contribution in [-0.2, 0) is 9.59 Å². The van der Waals surface area contributed by atoms with E-state index in [-0.39, 0.29) is 12.6 Å². The average Bonchev–Trinajstić information content (AvgIpc) is 3.04. The first-order valence-corrected chi connectivity index (χ1v) is 5.52. The summed E-state index contributed by atoms with van der Waals surface area (Å²) in [5.74, 6) is -0.664. The maximum absolute atomic E-state index is 11.8. The number of nitriles is 1.